The Kier molecular flexibility index (Phi) is 5.18. The molecule has 0 aliphatic heterocycles. The normalized spacial score (nSPS) is 11.3. The van der Waals surface area contributed by atoms with E-state index in [-0.39, 0.29) is 4.90 Å². The minimum atomic E-state index is -3.23. The molecule has 0 radical (unpaired) electrons. The average molecular weight is 404 g/mol. The molecule has 0 saturated carbocycles. The Bertz CT molecular complexity index is 1200. The third kappa shape index (κ3) is 4.38. The lowest BCUT2D eigenvalue weighted by Gasteiger charge is -2.07. The fourth-order valence-corrected chi connectivity index (χ4v) is 3.64. The predicted molar refractivity (Wildman–Crippen MR) is 113 cm³/mol. The minimum Gasteiger partial charge on any atom is -0.489 e. The number of nitrogens with zero attached hydrogens (tertiary/aromatic N) is 2. The SMILES string of the molecule is CS(=O)(=O)c1ccc(OCc2cn(-c3ccccc3)nc2-c2ccccc2)cc1. The van der Waals surface area contributed by atoms with E-state index >= 15 is 0 Å². The van der Waals surface area contributed by atoms with E-state index in [9.17, 15) is 8.42 Å². The minimum absolute atomic E-state index is 0.270. The molecular weight excluding hydrogens is 384 g/mol. The van der Waals surface area contributed by atoms with Crippen LogP contribution < -0.4 is 4.74 Å². The topological polar surface area (TPSA) is 61.2 Å². The summed E-state index contributed by atoms with van der Waals surface area (Å²) in [7, 11) is -3.23. The van der Waals surface area contributed by atoms with Gasteiger partial charge in [-0.05, 0) is 36.4 Å². The fourth-order valence-electron chi connectivity index (χ4n) is 3.01. The number of hydrogen-bond donors (Lipinski definition) is 0. The van der Waals surface area contributed by atoms with E-state index in [0.29, 0.717) is 12.4 Å². The van der Waals surface area contributed by atoms with Crippen molar-refractivity contribution in [3.05, 3.63) is 96.7 Å². The lowest BCUT2D eigenvalue weighted by atomic mass is 10.1. The summed E-state index contributed by atoms with van der Waals surface area (Å²) in [6.07, 6.45) is 3.15. The number of ether oxygens (including phenoxy) is 1. The molecular formula is C23H20N2O3S. The zero-order valence-corrected chi connectivity index (χ0v) is 16.7. The molecule has 0 fully saturated rings. The first-order valence-electron chi connectivity index (χ1n) is 9.13. The second kappa shape index (κ2) is 7.93. The zero-order valence-electron chi connectivity index (χ0n) is 15.9. The highest BCUT2D eigenvalue weighted by molar-refractivity contribution is 7.90. The molecule has 6 heteroatoms. The average Bonchev–Trinajstić information content (AvgIpc) is 3.17. The van der Waals surface area contributed by atoms with Gasteiger partial charge in [-0.3, -0.25) is 0 Å². The standard InChI is InChI=1S/C23H20N2O3S/c1-29(26,27)22-14-12-21(13-15-22)28-17-19-16-25(20-10-6-3-7-11-20)24-23(19)18-8-4-2-5-9-18/h2-16H,17H2,1H3. The van der Waals surface area contributed by atoms with Crippen molar-refractivity contribution in [2.45, 2.75) is 11.5 Å². The van der Waals surface area contributed by atoms with E-state index in [0.717, 1.165) is 22.5 Å². The summed E-state index contributed by atoms with van der Waals surface area (Å²) in [6, 6.07) is 26.3. The van der Waals surface area contributed by atoms with Gasteiger partial charge in [-0.2, -0.15) is 5.10 Å². The molecule has 0 atom stereocenters. The number of sulfone groups is 1. The Hall–Kier alpha value is -3.38. The molecule has 0 N–H and O–H groups in total. The third-order valence-corrected chi connectivity index (χ3v) is 5.63. The van der Waals surface area contributed by atoms with Crippen LogP contribution >= 0.6 is 0 Å². The van der Waals surface area contributed by atoms with E-state index in [1.54, 1.807) is 24.3 Å². The summed E-state index contributed by atoms with van der Waals surface area (Å²) in [5.41, 5.74) is 3.76. The van der Waals surface area contributed by atoms with Crippen LogP contribution in [0.5, 0.6) is 5.75 Å². The molecule has 5 nitrogen and oxygen atoms in total. The van der Waals surface area contributed by atoms with Gasteiger partial charge in [-0.15, -0.1) is 0 Å². The number of aromatic nitrogens is 2. The summed E-state index contributed by atoms with van der Waals surface area (Å²) in [6.45, 7) is 0.315. The maximum Gasteiger partial charge on any atom is 0.175 e. The Labute approximate surface area is 170 Å². The molecule has 0 aliphatic carbocycles. The van der Waals surface area contributed by atoms with Gasteiger partial charge in [-0.25, -0.2) is 13.1 Å². The van der Waals surface area contributed by atoms with Crippen LogP contribution in [0.4, 0.5) is 0 Å². The van der Waals surface area contributed by atoms with Gasteiger partial charge >= 0.3 is 0 Å². The zero-order chi connectivity index (χ0) is 20.3. The van der Waals surface area contributed by atoms with E-state index in [2.05, 4.69) is 0 Å². The molecule has 0 aliphatic rings. The first-order valence-corrected chi connectivity index (χ1v) is 11.0. The van der Waals surface area contributed by atoms with Crippen molar-refractivity contribution < 1.29 is 13.2 Å². The molecule has 4 rings (SSSR count). The lowest BCUT2D eigenvalue weighted by Crippen LogP contribution is -1.99. The molecule has 146 valence electrons. The molecule has 4 aromatic rings. The highest BCUT2D eigenvalue weighted by atomic mass is 32.2. The van der Waals surface area contributed by atoms with Gasteiger partial charge in [0.2, 0.25) is 0 Å². The molecule has 3 aromatic carbocycles. The van der Waals surface area contributed by atoms with Gasteiger partial charge in [0, 0.05) is 23.6 Å². The maximum atomic E-state index is 11.6. The Balaban J connectivity index is 1.63. The highest BCUT2D eigenvalue weighted by Crippen LogP contribution is 2.25. The van der Waals surface area contributed by atoms with Crippen molar-refractivity contribution in [3.8, 4) is 22.7 Å². The van der Waals surface area contributed by atoms with Crippen LogP contribution in [0.25, 0.3) is 16.9 Å². The molecule has 29 heavy (non-hydrogen) atoms. The van der Waals surface area contributed by atoms with Crippen LogP contribution in [0.1, 0.15) is 5.56 Å². The van der Waals surface area contributed by atoms with E-state index in [4.69, 9.17) is 9.84 Å². The second-order valence-electron chi connectivity index (χ2n) is 6.68. The molecule has 1 heterocycles. The first kappa shape index (κ1) is 19.0. The largest absolute Gasteiger partial charge is 0.489 e. The lowest BCUT2D eigenvalue weighted by molar-refractivity contribution is 0.306. The van der Waals surface area contributed by atoms with Crippen molar-refractivity contribution in [1.82, 2.24) is 9.78 Å². The molecule has 0 amide bonds. The van der Waals surface area contributed by atoms with Crippen LogP contribution in [0.3, 0.4) is 0 Å². The van der Waals surface area contributed by atoms with Gasteiger partial charge < -0.3 is 4.74 Å². The van der Waals surface area contributed by atoms with Gasteiger partial charge in [0.25, 0.3) is 0 Å². The number of hydrogen-bond acceptors (Lipinski definition) is 4. The number of para-hydroxylation sites is 1. The van der Waals surface area contributed by atoms with Crippen LogP contribution in [0.2, 0.25) is 0 Å². The number of benzene rings is 3. The second-order valence-corrected chi connectivity index (χ2v) is 8.70. The van der Waals surface area contributed by atoms with Crippen LogP contribution in [0.15, 0.2) is 96.0 Å². The molecule has 0 bridgehead atoms. The Morgan fingerprint density at radius 2 is 1.48 bits per heavy atom. The van der Waals surface area contributed by atoms with Crippen molar-refractivity contribution in [2.75, 3.05) is 6.26 Å². The molecule has 1 aromatic heterocycles. The summed E-state index contributed by atoms with van der Waals surface area (Å²) >= 11 is 0. The van der Waals surface area contributed by atoms with Crippen molar-refractivity contribution in [3.63, 3.8) is 0 Å². The van der Waals surface area contributed by atoms with Crippen LogP contribution in [-0.4, -0.2) is 24.5 Å². The van der Waals surface area contributed by atoms with Gasteiger partial charge in [-0.1, -0.05) is 48.5 Å². The Morgan fingerprint density at radius 1 is 0.862 bits per heavy atom. The monoisotopic (exact) mass is 404 g/mol. The maximum absolute atomic E-state index is 11.6. The van der Waals surface area contributed by atoms with Gasteiger partial charge in [0.15, 0.2) is 9.84 Å². The quantitative estimate of drug-likeness (QED) is 0.474. The van der Waals surface area contributed by atoms with Crippen LogP contribution in [0, 0.1) is 0 Å². The number of rotatable bonds is 6. The van der Waals surface area contributed by atoms with E-state index in [1.807, 2.05) is 71.5 Å². The fraction of sp³-hybridized carbons (Fsp3) is 0.0870. The summed E-state index contributed by atoms with van der Waals surface area (Å²) in [5.74, 6) is 0.601. The first-order chi connectivity index (χ1) is 14.0. The predicted octanol–water partition coefficient (Wildman–Crippen LogP) is 4.52. The Morgan fingerprint density at radius 3 is 2.10 bits per heavy atom. The van der Waals surface area contributed by atoms with E-state index < -0.39 is 9.84 Å². The molecule has 0 spiro atoms. The third-order valence-electron chi connectivity index (χ3n) is 4.50. The summed E-state index contributed by atoms with van der Waals surface area (Å²) in [4.78, 5) is 0.270. The van der Waals surface area contributed by atoms with Crippen molar-refractivity contribution in [1.29, 1.82) is 0 Å². The van der Waals surface area contributed by atoms with Crippen LogP contribution in [-0.2, 0) is 16.4 Å². The molecule has 0 unspecified atom stereocenters. The molecule has 0 saturated heterocycles. The van der Waals surface area contributed by atoms with Crippen molar-refractivity contribution >= 4 is 9.84 Å². The van der Waals surface area contributed by atoms with E-state index in [1.165, 1.54) is 6.26 Å². The highest BCUT2D eigenvalue weighted by Gasteiger charge is 2.13. The summed E-state index contributed by atoms with van der Waals surface area (Å²) in [5, 5.41) is 4.77. The van der Waals surface area contributed by atoms with Crippen molar-refractivity contribution in [2.24, 2.45) is 0 Å². The summed E-state index contributed by atoms with van der Waals surface area (Å²) < 4.78 is 31.0. The van der Waals surface area contributed by atoms with Gasteiger partial charge in [0.05, 0.1) is 16.3 Å². The smallest absolute Gasteiger partial charge is 0.175 e. The van der Waals surface area contributed by atoms with Gasteiger partial charge in [0.1, 0.15) is 12.4 Å².